The first kappa shape index (κ1) is 19.5. The summed E-state index contributed by atoms with van der Waals surface area (Å²) in [5.74, 6) is 0.474. The molecule has 30 heavy (non-hydrogen) atoms. The molecule has 0 bridgehead atoms. The Morgan fingerprint density at radius 3 is 2.30 bits per heavy atom. The van der Waals surface area contributed by atoms with E-state index in [0.717, 1.165) is 27.7 Å². The summed E-state index contributed by atoms with van der Waals surface area (Å²) >= 11 is 0. The number of aromatic nitrogens is 2. The lowest BCUT2D eigenvalue weighted by atomic mass is 10.0. The highest BCUT2D eigenvalue weighted by Crippen LogP contribution is 2.31. The van der Waals surface area contributed by atoms with Crippen LogP contribution in [0, 0.1) is 6.92 Å². The van der Waals surface area contributed by atoms with Crippen molar-refractivity contribution in [1.82, 2.24) is 15.5 Å². The minimum Gasteiger partial charge on any atom is -0.395 e. The summed E-state index contributed by atoms with van der Waals surface area (Å²) in [5, 5.41) is 25.7. The molecule has 4 rings (SSSR count). The second kappa shape index (κ2) is 8.71. The first-order chi connectivity index (χ1) is 14.7. The quantitative estimate of drug-likeness (QED) is 0.456. The van der Waals surface area contributed by atoms with E-state index in [-0.39, 0.29) is 19.1 Å². The van der Waals surface area contributed by atoms with E-state index in [1.165, 1.54) is 5.56 Å². The summed E-state index contributed by atoms with van der Waals surface area (Å²) < 4.78 is 0. The fourth-order valence-corrected chi connectivity index (χ4v) is 3.23. The molecule has 3 aromatic carbocycles. The maximum atomic E-state index is 12.0. The first-order valence-corrected chi connectivity index (χ1v) is 9.74. The van der Waals surface area contributed by atoms with Crippen LogP contribution in [0.25, 0.3) is 22.0 Å². The van der Waals surface area contributed by atoms with Gasteiger partial charge in [0.15, 0.2) is 5.82 Å². The molecule has 150 valence electrons. The van der Waals surface area contributed by atoms with Crippen molar-refractivity contribution in [2.45, 2.75) is 6.92 Å². The summed E-state index contributed by atoms with van der Waals surface area (Å²) in [6.45, 7) is 2.19. The number of carbonyl (C=O) groups excluding carboxylic acids is 1. The molecule has 0 unspecified atom stereocenters. The smallest absolute Gasteiger partial charge is 0.251 e. The summed E-state index contributed by atoms with van der Waals surface area (Å²) in [6.07, 6.45) is 0. The van der Waals surface area contributed by atoms with Crippen molar-refractivity contribution in [2.75, 3.05) is 18.5 Å². The van der Waals surface area contributed by atoms with E-state index in [1.54, 1.807) is 12.1 Å². The van der Waals surface area contributed by atoms with Crippen LogP contribution in [0.1, 0.15) is 15.9 Å². The molecule has 1 aromatic heterocycles. The zero-order valence-electron chi connectivity index (χ0n) is 16.6. The normalized spacial score (nSPS) is 10.7. The van der Waals surface area contributed by atoms with Crippen LogP contribution >= 0.6 is 0 Å². The largest absolute Gasteiger partial charge is 0.395 e. The molecule has 0 saturated heterocycles. The Hall–Kier alpha value is -3.77. The molecule has 4 aromatic rings. The summed E-state index contributed by atoms with van der Waals surface area (Å²) in [4.78, 5) is 12.0. The highest BCUT2D eigenvalue weighted by atomic mass is 16.3. The molecule has 6 nitrogen and oxygen atoms in total. The van der Waals surface area contributed by atoms with E-state index in [4.69, 9.17) is 5.11 Å². The summed E-state index contributed by atoms with van der Waals surface area (Å²) in [5.41, 5.74) is 4.30. The van der Waals surface area contributed by atoms with Crippen LogP contribution in [0.15, 0.2) is 72.8 Å². The van der Waals surface area contributed by atoms with Crippen LogP contribution in [0.2, 0.25) is 0 Å². The Morgan fingerprint density at radius 2 is 1.60 bits per heavy atom. The molecular weight excluding hydrogens is 376 g/mol. The van der Waals surface area contributed by atoms with Gasteiger partial charge in [-0.1, -0.05) is 54.1 Å². The number of hydrogen-bond donors (Lipinski definition) is 3. The van der Waals surface area contributed by atoms with Gasteiger partial charge in [-0.05, 0) is 31.2 Å². The molecule has 1 heterocycles. The third-order valence-electron chi connectivity index (χ3n) is 4.82. The van der Waals surface area contributed by atoms with Crippen LogP contribution < -0.4 is 10.6 Å². The predicted octanol–water partition coefficient (Wildman–Crippen LogP) is 4.07. The van der Waals surface area contributed by atoms with Crippen molar-refractivity contribution in [3.63, 3.8) is 0 Å². The molecule has 0 atom stereocenters. The van der Waals surface area contributed by atoms with Gasteiger partial charge >= 0.3 is 0 Å². The topological polar surface area (TPSA) is 87.1 Å². The highest BCUT2D eigenvalue weighted by Gasteiger charge is 2.12. The second-order valence-electron chi connectivity index (χ2n) is 6.99. The number of fused-ring (bicyclic) bond motifs is 1. The van der Waals surface area contributed by atoms with Gasteiger partial charge in [0, 0.05) is 34.1 Å². The lowest BCUT2D eigenvalue weighted by Gasteiger charge is -2.12. The number of aliphatic hydroxyl groups excluding tert-OH is 1. The first-order valence-electron chi connectivity index (χ1n) is 9.74. The Morgan fingerprint density at radius 1 is 0.900 bits per heavy atom. The van der Waals surface area contributed by atoms with Crippen LogP contribution in [0.4, 0.5) is 11.5 Å². The van der Waals surface area contributed by atoms with Crippen molar-refractivity contribution in [1.29, 1.82) is 0 Å². The Bertz CT molecular complexity index is 1170. The van der Waals surface area contributed by atoms with Crippen molar-refractivity contribution in [3.8, 4) is 11.3 Å². The van der Waals surface area contributed by atoms with E-state index in [2.05, 4.69) is 27.8 Å². The zero-order valence-corrected chi connectivity index (χ0v) is 16.6. The number of amides is 1. The Kier molecular flexibility index (Phi) is 5.68. The van der Waals surface area contributed by atoms with Gasteiger partial charge < -0.3 is 15.7 Å². The molecule has 0 aliphatic carbocycles. The van der Waals surface area contributed by atoms with Gasteiger partial charge in [0.25, 0.3) is 5.91 Å². The average molecular weight is 398 g/mol. The van der Waals surface area contributed by atoms with Gasteiger partial charge in [0.2, 0.25) is 0 Å². The lowest BCUT2D eigenvalue weighted by Crippen LogP contribution is -2.26. The van der Waals surface area contributed by atoms with E-state index in [0.29, 0.717) is 11.4 Å². The standard InChI is InChI=1S/C24H22N4O2/c1-16-6-12-19(13-7-16)26-23-21-5-3-2-4-20(21)22(27-28-23)17-8-10-18(11-9-17)24(30)25-14-15-29/h2-13,29H,14-15H2,1H3,(H,25,30)(H,26,28). The van der Waals surface area contributed by atoms with Crippen molar-refractivity contribution < 1.29 is 9.90 Å². The predicted molar refractivity (Wildman–Crippen MR) is 119 cm³/mol. The maximum absolute atomic E-state index is 12.0. The zero-order chi connectivity index (χ0) is 20.9. The SMILES string of the molecule is Cc1ccc(Nc2nnc(-c3ccc(C(=O)NCCO)cc3)c3ccccc23)cc1. The van der Waals surface area contributed by atoms with E-state index < -0.39 is 0 Å². The maximum Gasteiger partial charge on any atom is 0.251 e. The van der Waals surface area contributed by atoms with Gasteiger partial charge in [-0.15, -0.1) is 10.2 Å². The Balaban J connectivity index is 1.67. The summed E-state index contributed by atoms with van der Waals surface area (Å²) in [7, 11) is 0. The molecule has 1 amide bonds. The van der Waals surface area contributed by atoms with Crippen LogP contribution in [0.5, 0.6) is 0 Å². The number of aryl methyl sites for hydroxylation is 1. The Labute approximate surface area is 174 Å². The number of carbonyl (C=O) groups is 1. The van der Waals surface area contributed by atoms with Crippen molar-refractivity contribution >= 4 is 28.2 Å². The number of anilines is 2. The van der Waals surface area contributed by atoms with Crippen LogP contribution in [-0.2, 0) is 0 Å². The average Bonchev–Trinajstić information content (AvgIpc) is 2.79. The van der Waals surface area contributed by atoms with Gasteiger partial charge in [-0.2, -0.15) is 0 Å². The van der Waals surface area contributed by atoms with Crippen LogP contribution in [-0.4, -0.2) is 34.4 Å². The minimum atomic E-state index is -0.218. The number of nitrogens with zero attached hydrogens (tertiary/aromatic N) is 2. The lowest BCUT2D eigenvalue weighted by molar-refractivity contribution is 0.0945. The van der Waals surface area contributed by atoms with Gasteiger partial charge in [0.1, 0.15) is 5.69 Å². The molecule has 0 radical (unpaired) electrons. The van der Waals surface area contributed by atoms with Crippen molar-refractivity contribution in [2.24, 2.45) is 0 Å². The van der Waals surface area contributed by atoms with E-state index in [1.807, 2.05) is 60.7 Å². The fourth-order valence-electron chi connectivity index (χ4n) is 3.23. The third kappa shape index (κ3) is 4.14. The molecular formula is C24H22N4O2. The summed E-state index contributed by atoms with van der Waals surface area (Å²) in [6, 6.07) is 23.3. The number of aliphatic hydroxyl groups is 1. The van der Waals surface area contributed by atoms with Gasteiger partial charge in [0.05, 0.1) is 6.61 Å². The molecule has 3 N–H and O–H groups in total. The van der Waals surface area contributed by atoms with Gasteiger partial charge in [-0.3, -0.25) is 4.79 Å². The minimum absolute atomic E-state index is 0.0889. The number of rotatable bonds is 6. The van der Waals surface area contributed by atoms with E-state index >= 15 is 0 Å². The monoisotopic (exact) mass is 398 g/mol. The highest BCUT2D eigenvalue weighted by molar-refractivity contribution is 6.01. The van der Waals surface area contributed by atoms with Crippen molar-refractivity contribution in [3.05, 3.63) is 83.9 Å². The second-order valence-corrected chi connectivity index (χ2v) is 6.99. The van der Waals surface area contributed by atoms with Gasteiger partial charge in [-0.25, -0.2) is 0 Å². The molecule has 0 aliphatic heterocycles. The number of benzene rings is 3. The molecule has 6 heteroatoms. The van der Waals surface area contributed by atoms with E-state index in [9.17, 15) is 4.79 Å². The fraction of sp³-hybridized carbons (Fsp3) is 0.125. The number of hydrogen-bond acceptors (Lipinski definition) is 5. The molecule has 0 aliphatic rings. The molecule has 0 fully saturated rings. The third-order valence-corrected chi connectivity index (χ3v) is 4.82. The molecule has 0 saturated carbocycles. The molecule has 0 spiro atoms. The van der Waals surface area contributed by atoms with Crippen LogP contribution in [0.3, 0.4) is 0 Å². The number of nitrogens with one attached hydrogen (secondary N) is 2.